The molecule has 0 bridgehead atoms. The van der Waals surface area contributed by atoms with Crippen molar-refractivity contribution in [3.63, 3.8) is 0 Å². The molecule has 1 aromatic carbocycles. The summed E-state index contributed by atoms with van der Waals surface area (Å²) < 4.78 is 0. The van der Waals surface area contributed by atoms with Crippen molar-refractivity contribution >= 4 is 22.2 Å². The topological polar surface area (TPSA) is 72.2 Å². The van der Waals surface area contributed by atoms with E-state index in [0.717, 1.165) is 23.3 Å². The van der Waals surface area contributed by atoms with Crippen LogP contribution in [0.5, 0.6) is 0 Å². The molecule has 1 atom stereocenters. The Bertz CT molecular complexity index is 649. The predicted octanol–water partition coefficient (Wildman–Crippen LogP) is 3.71. The Labute approximate surface area is 126 Å². The Morgan fingerprint density at radius 1 is 1.29 bits per heavy atom. The molecule has 2 aromatic rings. The van der Waals surface area contributed by atoms with Gasteiger partial charge in [0, 0.05) is 6.07 Å². The molecule has 0 aliphatic rings. The van der Waals surface area contributed by atoms with E-state index < -0.39 is 4.92 Å². The van der Waals surface area contributed by atoms with Crippen LogP contribution >= 0.6 is 11.3 Å². The lowest BCUT2D eigenvalue weighted by atomic mass is 10.0. The number of amides is 1. The number of benzene rings is 1. The first-order valence-electron chi connectivity index (χ1n) is 6.65. The van der Waals surface area contributed by atoms with Gasteiger partial charge in [-0.15, -0.1) is 0 Å². The number of aryl methyl sites for hydroxylation is 1. The molecule has 0 radical (unpaired) electrons. The monoisotopic (exact) mass is 304 g/mol. The molecular formula is C15H16N2O3S. The number of carbonyl (C=O) groups is 1. The number of nitrogens with one attached hydrogen (secondary N) is 1. The van der Waals surface area contributed by atoms with Gasteiger partial charge in [-0.1, -0.05) is 42.5 Å². The summed E-state index contributed by atoms with van der Waals surface area (Å²) >= 11 is 0.881. The van der Waals surface area contributed by atoms with Crippen LogP contribution in [0.1, 0.15) is 40.7 Å². The van der Waals surface area contributed by atoms with Gasteiger partial charge in [-0.25, -0.2) is 0 Å². The number of thiophene rings is 1. The molecule has 0 aliphatic heterocycles. The third-order valence-electron chi connectivity index (χ3n) is 3.23. The van der Waals surface area contributed by atoms with Crippen LogP contribution < -0.4 is 5.32 Å². The van der Waals surface area contributed by atoms with Crippen molar-refractivity contribution in [1.29, 1.82) is 0 Å². The fraction of sp³-hybridized carbons (Fsp3) is 0.267. The predicted molar refractivity (Wildman–Crippen MR) is 82.7 cm³/mol. The molecule has 0 saturated carbocycles. The molecule has 1 amide bonds. The summed E-state index contributed by atoms with van der Waals surface area (Å²) in [5, 5.41) is 13.4. The minimum Gasteiger partial charge on any atom is -0.345 e. The molecule has 5 nitrogen and oxygen atoms in total. The van der Waals surface area contributed by atoms with E-state index in [4.69, 9.17) is 0 Å². The summed E-state index contributed by atoms with van der Waals surface area (Å²) in [6.45, 7) is 3.98. The van der Waals surface area contributed by atoms with Crippen molar-refractivity contribution in [2.75, 3.05) is 0 Å². The molecule has 0 spiro atoms. The first kappa shape index (κ1) is 15.2. The summed E-state index contributed by atoms with van der Waals surface area (Å²) in [4.78, 5) is 22.5. The van der Waals surface area contributed by atoms with Gasteiger partial charge in [0.05, 0.1) is 15.8 Å². The van der Waals surface area contributed by atoms with Crippen LogP contribution in [-0.2, 0) is 6.42 Å². The van der Waals surface area contributed by atoms with Gasteiger partial charge >= 0.3 is 5.00 Å². The van der Waals surface area contributed by atoms with Crippen molar-refractivity contribution in [2.45, 2.75) is 26.3 Å². The number of nitro groups is 1. The SMILES string of the molecule is CCc1ccc(C(C)NC(=O)c2ccc([N+](=O)[O-])s2)cc1. The molecule has 2 rings (SSSR count). The highest BCUT2D eigenvalue weighted by atomic mass is 32.1. The average Bonchev–Trinajstić information content (AvgIpc) is 2.97. The molecule has 1 N–H and O–H groups in total. The second-order valence-electron chi connectivity index (χ2n) is 4.69. The average molecular weight is 304 g/mol. The zero-order chi connectivity index (χ0) is 15.4. The van der Waals surface area contributed by atoms with Gasteiger partial charge in [0.15, 0.2) is 0 Å². The number of hydrogen-bond acceptors (Lipinski definition) is 4. The first-order chi connectivity index (χ1) is 10.0. The van der Waals surface area contributed by atoms with E-state index in [1.807, 2.05) is 31.2 Å². The lowest BCUT2D eigenvalue weighted by Gasteiger charge is -2.14. The van der Waals surface area contributed by atoms with Crippen molar-refractivity contribution in [3.05, 3.63) is 62.5 Å². The molecule has 110 valence electrons. The molecule has 6 heteroatoms. The highest BCUT2D eigenvalue weighted by molar-refractivity contribution is 7.17. The smallest absolute Gasteiger partial charge is 0.324 e. The molecule has 0 aliphatic carbocycles. The standard InChI is InChI=1S/C15H16N2O3S/c1-3-11-4-6-12(7-5-11)10(2)16-15(18)13-8-9-14(21-13)17(19)20/h4-10H,3H2,1-2H3,(H,16,18). The summed E-state index contributed by atoms with van der Waals surface area (Å²) in [5.41, 5.74) is 2.25. The van der Waals surface area contributed by atoms with E-state index in [0.29, 0.717) is 4.88 Å². The lowest BCUT2D eigenvalue weighted by Crippen LogP contribution is -2.25. The quantitative estimate of drug-likeness (QED) is 0.676. The van der Waals surface area contributed by atoms with Crippen LogP contribution in [0.25, 0.3) is 0 Å². The van der Waals surface area contributed by atoms with Crippen LogP contribution in [0, 0.1) is 10.1 Å². The number of nitrogens with zero attached hydrogens (tertiary/aromatic N) is 1. The van der Waals surface area contributed by atoms with Gasteiger partial charge in [-0.05, 0) is 30.5 Å². The van der Waals surface area contributed by atoms with E-state index in [-0.39, 0.29) is 17.0 Å². The molecule has 0 saturated heterocycles. The Hall–Kier alpha value is -2.21. The summed E-state index contributed by atoms with van der Waals surface area (Å²) in [6, 6.07) is 10.7. The summed E-state index contributed by atoms with van der Waals surface area (Å²) in [6.07, 6.45) is 0.972. The van der Waals surface area contributed by atoms with Gasteiger partial charge < -0.3 is 5.32 Å². The maximum absolute atomic E-state index is 12.1. The van der Waals surface area contributed by atoms with Gasteiger partial charge in [-0.3, -0.25) is 14.9 Å². The zero-order valence-corrected chi connectivity index (χ0v) is 12.6. The molecule has 1 heterocycles. The van der Waals surface area contributed by atoms with E-state index in [1.165, 1.54) is 17.7 Å². The summed E-state index contributed by atoms with van der Waals surface area (Å²) in [5.74, 6) is -0.292. The fourth-order valence-electron chi connectivity index (χ4n) is 1.94. The van der Waals surface area contributed by atoms with Gasteiger partial charge in [0.25, 0.3) is 5.91 Å². The first-order valence-corrected chi connectivity index (χ1v) is 7.47. The largest absolute Gasteiger partial charge is 0.345 e. The highest BCUT2D eigenvalue weighted by Gasteiger charge is 2.17. The van der Waals surface area contributed by atoms with Crippen LogP contribution in [0.15, 0.2) is 36.4 Å². The molecular weight excluding hydrogens is 288 g/mol. The summed E-state index contributed by atoms with van der Waals surface area (Å²) in [7, 11) is 0. The lowest BCUT2D eigenvalue weighted by molar-refractivity contribution is -0.380. The van der Waals surface area contributed by atoms with E-state index >= 15 is 0 Å². The molecule has 1 aromatic heterocycles. The normalized spacial score (nSPS) is 11.9. The van der Waals surface area contributed by atoms with Crippen molar-refractivity contribution in [1.82, 2.24) is 5.32 Å². The van der Waals surface area contributed by atoms with Gasteiger partial charge in [-0.2, -0.15) is 0 Å². The van der Waals surface area contributed by atoms with E-state index in [1.54, 1.807) is 0 Å². The van der Waals surface area contributed by atoms with Gasteiger partial charge in [0.2, 0.25) is 0 Å². The third-order valence-corrected chi connectivity index (χ3v) is 4.27. The fourth-order valence-corrected chi connectivity index (χ4v) is 2.66. The van der Waals surface area contributed by atoms with Crippen molar-refractivity contribution < 1.29 is 9.72 Å². The Morgan fingerprint density at radius 2 is 1.95 bits per heavy atom. The minimum absolute atomic E-state index is 0.0277. The van der Waals surface area contributed by atoms with Crippen molar-refractivity contribution in [2.24, 2.45) is 0 Å². The maximum Gasteiger partial charge on any atom is 0.324 e. The number of carbonyl (C=O) groups excluding carboxylic acids is 1. The Kier molecular flexibility index (Phi) is 4.70. The minimum atomic E-state index is -0.492. The van der Waals surface area contributed by atoms with E-state index in [2.05, 4.69) is 12.2 Å². The highest BCUT2D eigenvalue weighted by Crippen LogP contribution is 2.24. The Balaban J connectivity index is 2.05. The zero-order valence-electron chi connectivity index (χ0n) is 11.8. The third kappa shape index (κ3) is 3.66. The second-order valence-corrected chi connectivity index (χ2v) is 5.75. The molecule has 21 heavy (non-hydrogen) atoms. The maximum atomic E-state index is 12.1. The van der Waals surface area contributed by atoms with Crippen LogP contribution in [0.4, 0.5) is 5.00 Å². The molecule has 0 fully saturated rings. The van der Waals surface area contributed by atoms with Crippen molar-refractivity contribution in [3.8, 4) is 0 Å². The van der Waals surface area contributed by atoms with Crippen LogP contribution in [-0.4, -0.2) is 10.8 Å². The van der Waals surface area contributed by atoms with Crippen LogP contribution in [0.3, 0.4) is 0 Å². The van der Waals surface area contributed by atoms with Crippen LogP contribution in [0.2, 0.25) is 0 Å². The van der Waals surface area contributed by atoms with Gasteiger partial charge in [0.1, 0.15) is 0 Å². The van der Waals surface area contributed by atoms with E-state index in [9.17, 15) is 14.9 Å². The Morgan fingerprint density at radius 3 is 2.48 bits per heavy atom. The number of hydrogen-bond donors (Lipinski definition) is 1. The number of rotatable bonds is 5. The molecule has 1 unspecified atom stereocenters. The second kappa shape index (κ2) is 6.49.